The fourth-order valence-corrected chi connectivity index (χ4v) is 2.69. The van der Waals surface area contributed by atoms with E-state index in [1.807, 2.05) is 0 Å². The molecule has 3 rings (SSSR count). The third-order valence-electron chi connectivity index (χ3n) is 3.74. The molecule has 1 N–H and O–H groups in total. The van der Waals surface area contributed by atoms with E-state index in [2.05, 4.69) is 17.0 Å². The van der Waals surface area contributed by atoms with Gasteiger partial charge in [-0.25, -0.2) is 4.68 Å². The molecule has 0 bridgehead atoms. The zero-order chi connectivity index (χ0) is 16.6. The van der Waals surface area contributed by atoms with E-state index in [9.17, 15) is 13.2 Å². The van der Waals surface area contributed by atoms with E-state index >= 15 is 0 Å². The summed E-state index contributed by atoms with van der Waals surface area (Å²) in [4.78, 5) is 0. The van der Waals surface area contributed by atoms with Gasteiger partial charge in [0.1, 0.15) is 17.3 Å². The molecule has 0 saturated carbocycles. The van der Waals surface area contributed by atoms with Gasteiger partial charge in [0.05, 0.1) is 30.7 Å². The van der Waals surface area contributed by atoms with Gasteiger partial charge < -0.3 is 14.5 Å². The van der Waals surface area contributed by atoms with Crippen molar-refractivity contribution < 1.29 is 22.3 Å². The Labute approximate surface area is 130 Å². The van der Waals surface area contributed by atoms with Gasteiger partial charge in [-0.05, 0) is 19.1 Å². The minimum Gasteiger partial charge on any atom is -0.494 e. The molecule has 0 saturated heterocycles. The first-order valence-electron chi connectivity index (χ1n) is 7.18. The first-order chi connectivity index (χ1) is 10.9. The highest BCUT2D eigenvalue weighted by molar-refractivity contribution is 5.69. The lowest BCUT2D eigenvalue weighted by atomic mass is 10.0. The van der Waals surface area contributed by atoms with E-state index in [1.54, 1.807) is 19.1 Å². The number of halogens is 3. The standard InChI is InChI=1S/C15H16F3N3O2/c1-3-22-9(2)10-8-19-21-13(15(16,17)18)7-11(20-14(10)21)12-5-4-6-23-12/h4-6,8,11,13,20H,2-3,7H2,1H3. The Morgan fingerprint density at radius 2 is 2.35 bits per heavy atom. The number of anilines is 1. The van der Waals surface area contributed by atoms with E-state index < -0.39 is 18.3 Å². The van der Waals surface area contributed by atoms with Crippen LogP contribution in [0.4, 0.5) is 19.0 Å². The Hall–Kier alpha value is -2.38. The van der Waals surface area contributed by atoms with Crippen LogP contribution in [-0.2, 0) is 4.74 Å². The molecule has 0 spiro atoms. The van der Waals surface area contributed by atoms with Crippen LogP contribution >= 0.6 is 0 Å². The van der Waals surface area contributed by atoms with Crippen molar-refractivity contribution in [2.45, 2.75) is 31.6 Å². The van der Waals surface area contributed by atoms with E-state index in [0.29, 0.717) is 17.9 Å². The van der Waals surface area contributed by atoms with Gasteiger partial charge in [0, 0.05) is 6.42 Å². The second-order valence-electron chi connectivity index (χ2n) is 5.21. The van der Waals surface area contributed by atoms with Crippen molar-refractivity contribution in [1.29, 1.82) is 0 Å². The number of alkyl halides is 3. The third-order valence-corrected chi connectivity index (χ3v) is 3.74. The summed E-state index contributed by atoms with van der Waals surface area (Å²) >= 11 is 0. The smallest absolute Gasteiger partial charge is 0.410 e. The van der Waals surface area contributed by atoms with Gasteiger partial charge in [-0.1, -0.05) is 6.58 Å². The van der Waals surface area contributed by atoms with Gasteiger partial charge >= 0.3 is 6.18 Å². The van der Waals surface area contributed by atoms with E-state index in [4.69, 9.17) is 9.15 Å². The van der Waals surface area contributed by atoms with Gasteiger partial charge in [-0.2, -0.15) is 18.3 Å². The average molecular weight is 327 g/mol. The molecule has 2 atom stereocenters. The van der Waals surface area contributed by atoms with Gasteiger partial charge in [0.2, 0.25) is 0 Å². The Balaban J connectivity index is 2.02. The molecule has 2 aromatic rings. The number of hydrogen-bond acceptors (Lipinski definition) is 4. The Kier molecular flexibility index (Phi) is 3.83. The predicted molar refractivity (Wildman–Crippen MR) is 77.7 cm³/mol. The van der Waals surface area contributed by atoms with Crippen LogP contribution in [0.5, 0.6) is 0 Å². The lowest BCUT2D eigenvalue weighted by Crippen LogP contribution is -2.35. The number of aromatic nitrogens is 2. The summed E-state index contributed by atoms with van der Waals surface area (Å²) in [7, 11) is 0. The zero-order valence-corrected chi connectivity index (χ0v) is 12.4. The summed E-state index contributed by atoms with van der Waals surface area (Å²) in [6.07, 6.45) is -1.85. The van der Waals surface area contributed by atoms with E-state index in [1.165, 1.54) is 12.5 Å². The molecular weight excluding hydrogens is 311 g/mol. The highest BCUT2D eigenvalue weighted by Crippen LogP contribution is 2.45. The summed E-state index contributed by atoms with van der Waals surface area (Å²) in [6.45, 7) is 5.90. The van der Waals surface area contributed by atoms with Crippen molar-refractivity contribution in [3.8, 4) is 0 Å². The van der Waals surface area contributed by atoms with Crippen LogP contribution in [0, 0.1) is 0 Å². The molecule has 1 aliphatic rings. The van der Waals surface area contributed by atoms with Crippen molar-refractivity contribution >= 4 is 11.6 Å². The predicted octanol–water partition coefficient (Wildman–Crippen LogP) is 4.14. The summed E-state index contributed by atoms with van der Waals surface area (Å²) in [5.41, 5.74) is 0.414. The largest absolute Gasteiger partial charge is 0.494 e. The van der Waals surface area contributed by atoms with E-state index in [0.717, 1.165) is 4.68 Å². The summed E-state index contributed by atoms with van der Waals surface area (Å²) < 4.78 is 51.8. The van der Waals surface area contributed by atoms with Crippen molar-refractivity contribution in [3.63, 3.8) is 0 Å². The fraction of sp³-hybridized carbons (Fsp3) is 0.400. The fourth-order valence-electron chi connectivity index (χ4n) is 2.69. The minimum absolute atomic E-state index is 0.202. The van der Waals surface area contributed by atoms with Crippen molar-refractivity contribution in [1.82, 2.24) is 9.78 Å². The minimum atomic E-state index is -4.42. The molecule has 3 heterocycles. The first-order valence-corrected chi connectivity index (χ1v) is 7.18. The van der Waals surface area contributed by atoms with Gasteiger partial charge in [0.25, 0.3) is 0 Å². The maximum absolute atomic E-state index is 13.4. The monoisotopic (exact) mass is 327 g/mol. The van der Waals surface area contributed by atoms with Crippen molar-refractivity contribution in [2.24, 2.45) is 0 Å². The summed E-state index contributed by atoms with van der Waals surface area (Å²) in [5, 5.41) is 6.94. The number of nitrogens with one attached hydrogen (secondary N) is 1. The van der Waals surface area contributed by atoms with Crippen LogP contribution < -0.4 is 5.32 Å². The first kappa shape index (κ1) is 15.5. The Bertz CT molecular complexity index is 691. The van der Waals surface area contributed by atoms with Crippen LogP contribution in [0.3, 0.4) is 0 Å². The number of fused-ring (bicyclic) bond motifs is 1. The second kappa shape index (κ2) is 5.68. The zero-order valence-electron chi connectivity index (χ0n) is 12.4. The Morgan fingerprint density at radius 1 is 1.57 bits per heavy atom. The van der Waals surface area contributed by atoms with Crippen molar-refractivity contribution in [3.05, 3.63) is 42.5 Å². The average Bonchev–Trinajstić information content (AvgIpc) is 3.14. The number of furan rings is 1. The van der Waals surface area contributed by atoms with Crippen LogP contribution in [0.25, 0.3) is 5.76 Å². The SMILES string of the molecule is C=C(OCC)c1cnn2c1NC(c1ccco1)CC2C(F)(F)F. The van der Waals surface area contributed by atoms with Crippen LogP contribution in [0.2, 0.25) is 0 Å². The maximum atomic E-state index is 13.4. The molecule has 5 nitrogen and oxygen atoms in total. The molecule has 2 aromatic heterocycles. The van der Waals surface area contributed by atoms with Gasteiger partial charge in [-0.15, -0.1) is 0 Å². The molecule has 2 unspecified atom stereocenters. The number of ether oxygens (including phenoxy) is 1. The topological polar surface area (TPSA) is 52.2 Å². The normalized spacial score (nSPS) is 20.7. The molecule has 0 fully saturated rings. The molecule has 0 aliphatic carbocycles. The molecule has 124 valence electrons. The van der Waals surface area contributed by atoms with Crippen LogP contribution in [0.15, 0.2) is 35.6 Å². The highest BCUT2D eigenvalue weighted by atomic mass is 19.4. The van der Waals surface area contributed by atoms with E-state index in [-0.39, 0.29) is 18.0 Å². The highest BCUT2D eigenvalue weighted by Gasteiger charge is 2.47. The molecular formula is C15H16F3N3O2. The summed E-state index contributed by atoms with van der Waals surface area (Å²) in [5.74, 6) is 0.959. The summed E-state index contributed by atoms with van der Waals surface area (Å²) in [6, 6.07) is 0.950. The Morgan fingerprint density at radius 3 is 2.96 bits per heavy atom. The lowest BCUT2D eigenvalue weighted by Gasteiger charge is -2.33. The lowest BCUT2D eigenvalue weighted by molar-refractivity contribution is -0.174. The quantitative estimate of drug-likeness (QED) is 0.858. The molecule has 1 aliphatic heterocycles. The second-order valence-corrected chi connectivity index (χ2v) is 5.21. The molecule has 0 aromatic carbocycles. The molecule has 0 amide bonds. The molecule has 0 radical (unpaired) electrons. The molecule has 8 heteroatoms. The number of nitrogens with zero attached hydrogens (tertiary/aromatic N) is 2. The van der Waals surface area contributed by atoms with Crippen LogP contribution in [0.1, 0.15) is 36.8 Å². The van der Waals surface area contributed by atoms with Gasteiger partial charge in [-0.3, -0.25) is 0 Å². The van der Waals surface area contributed by atoms with Crippen molar-refractivity contribution in [2.75, 3.05) is 11.9 Å². The molecule has 23 heavy (non-hydrogen) atoms. The number of hydrogen-bond donors (Lipinski definition) is 1. The van der Waals surface area contributed by atoms with Gasteiger partial charge in [0.15, 0.2) is 6.04 Å². The van der Waals surface area contributed by atoms with Crippen LogP contribution in [-0.4, -0.2) is 22.6 Å². The number of rotatable bonds is 4. The third kappa shape index (κ3) is 2.80. The maximum Gasteiger partial charge on any atom is 0.410 e.